The molecule has 0 saturated heterocycles. The zero-order valence-electron chi connectivity index (χ0n) is 14.9. The Kier molecular flexibility index (Phi) is 6.45. The highest BCUT2D eigenvalue weighted by molar-refractivity contribution is 8.59. The van der Waals surface area contributed by atoms with Crippen LogP contribution in [0.15, 0.2) is 121 Å². The third-order valence-corrected chi connectivity index (χ3v) is 15.8. The summed E-state index contributed by atoms with van der Waals surface area (Å²) in [5.74, 6) is 0. The van der Waals surface area contributed by atoms with E-state index < -0.39 is 0 Å². The number of hydrogen-bond donors (Lipinski definition) is 0. The normalized spacial score (nSPS) is 11.0. The van der Waals surface area contributed by atoms with Crippen LogP contribution in [0.3, 0.4) is 0 Å². The first-order chi connectivity index (χ1) is 13.4. The van der Waals surface area contributed by atoms with Crippen molar-refractivity contribution in [2.75, 3.05) is 0 Å². The Bertz CT molecular complexity index is 782. The van der Waals surface area contributed by atoms with Gasteiger partial charge in [0.05, 0.1) is 0 Å². The summed E-state index contributed by atoms with van der Waals surface area (Å²) in [6.07, 6.45) is 0. The van der Waals surface area contributed by atoms with E-state index in [1.807, 2.05) is 0 Å². The molecular weight excluding hydrogens is 381 g/mol. The van der Waals surface area contributed by atoms with Gasteiger partial charge in [0.2, 0.25) is 0 Å². The summed E-state index contributed by atoms with van der Waals surface area (Å²) < 4.78 is 0. The van der Waals surface area contributed by atoms with Gasteiger partial charge in [-0.25, -0.2) is 0 Å². The van der Waals surface area contributed by atoms with Crippen molar-refractivity contribution in [1.82, 2.24) is 0 Å². The first-order valence-corrected chi connectivity index (χ1v) is 14.4. The lowest BCUT2D eigenvalue weighted by Crippen LogP contribution is -2.12. The molecule has 0 fully saturated rings. The molecule has 4 aromatic carbocycles. The molecule has 132 valence electrons. The Morgan fingerprint density at radius 2 is 0.556 bits per heavy atom. The van der Waals surface area contributed by atoms with Gasteiger partial charge in [-0.1, -0.05) is 129 Å². The minimum absolute atomic E-state index is 0.381. The maximum Gasteiger partial charge on any atom is -0.0152 e. The summed E-state index contributed by atoms with van der Waals surface area (Å²) in [5.41, 5.74) is 0. The topological polar surface area (TPSA) is 0 Å². The Morgan fingerprint density at radius 3 is 0.778 bits per heavy atom. The first kappa shape index (κ1) is 18.5. The van der Waals surface area contributed by atoms with Crippen molar-refractivity contribution in [2.45, 2.75) is 0 Å². The summed E-state index contributed by atoms with van der Waals surface area (Å²) in [5, 5.41) is 5.88. The highest BCUT2D eigenvalue weighted by atomic mass is 32.4. The van der Waals surface area contributed by atoms with Gasteiger partial charge in [0, 0.05) is 0 Å². The molecule has 4 rings (SSSR count). The van der Waals surface area contributed by atoms with Gasteiger partial charge < -0.3 is 0 Å². The molecule has 0 spiro atoms. The lowest BCUT2D eigenvalue weighted by molar-refractivity contribution is 1.76. The van der Waals surface area contributed by atoms with Crippen molar-refractivity contribution in [1.29, 1.82) is 0 Å². The van der Waals surface area contributed by atoms with Gasteiger partial charge in [-0.3, -0.25) is 0 Å². The summed E-state index contributed by atoms with van der Waals surface area (Å²) >= 11 is 0. The monoisotopic (exact) mass is 402 g/mol. The van der Waals surface area contributed by atoms with E-state index in [-0.39, 0.29) is 15.2 Å². The van der Waals surface area contributed by atoms with Crippen LogP contribution in [0.4, 0.5) is 0 Å². The Hall–Kier alpha value is -1.83. The SMILES string of the molecule is c1ccc(P(PP(c2ccccc2)c2ccccc2)c2ccccc2)cc1. The Balaban J connectivity index is 1.77. The van der Waals surface area contributed by atoms with Crippen molar-refractivity contribution in [3.63, 3.8) is 0 Å². The second-order valence-corrected chi connectivity index (χ2v) is 14.8. The van der Waals surface area contributed by atoms with Gasteiger partial charge in [-0.2, -0.15) is 0 Å². The van der Waals surface area contributed by atoms with E-state index in [0.717, 1.165) is 7.96 Å². The van der Waals surface area contributed by atoms with Crippen molar-refractivity contribution < 1.29 is 0 Å². The molecule has 0 heterocycles. The lowest BCUT2D eigenvalue weighted by Gasteiger charge is -2.26. The van der Waals surface area contributed by atoms with Gasteiger partial charge in [-0.15, -0.1) is 0 Å². The molecular formula is C24H21P3. The van der Waals surface area contributed by atoms with E-state index >= 15 is 0 Å². The van der Waals surface area contributed by atoms with Crippen molar-refractivity contribution in [3.8, 4) is 0 Å². The van der Waals surface area contributed by atoms with Crippen molar-refractivity contribution >= 4 is 44.4 Å². The van der Waals surface area contributed by atoms with Gasteiger partial charge in [-0.05, 0) is 36.4 Å². The molecule has 0 nitrogen and oxygen atoms in total. The zero-order chi connectivity index (χ0) is 18.3. The third-order valence-electron chi connectivity index (χ3n) is 4.26. The highest BCUT2D eigenvalue weighted by Gasteiger charge is 2.22. The Labute approximate surface area is 165 Å². The van der Waals surface area contributed by atoms with Crippen LogP contribution in [0, 0.1) is 0 Å². The van der Waals surface area contributed by atoms with E-state index in [2.05, 4.69) is 121 Å². The van der Waals surface area contributed by atoms with Crippen LogP contribution in [0.1, 0.15) is 0 Å². The second kappa shape index (κ2) is 9.39. The molecule has 0 aliphatic heterocycles. The van der Waals surface area contributed by atoms with Crippen molar-refractivity contribution in [3.05, 3.63) is 121 Å². The van der Waals surface area contributed by atoms with E-state index in [1.165, 1.54) is 21.2 Å². The minimum Gasteiger partial charge on any atom is -0.0622 e. The highest BCUT2D eigenvalue weighted by Crippen LogP contribution is 2.71. The van der Waals surface area contributed by atoms with E-state index in [1.54, 1.807) is 0 Å². The van der Waals surface area contributed by atoms with Crippen LogP contribution in [-0.4, -0.2) is 0 Å². The van der Waals surface area contributed by atoms with Crippen molar-refractivity contribution in [2.24, 2.45) is 0 Å². The van der Waals surface area contributed by atoms with E-state index in [4.69, 9.17) is 0 Å². The van der Waals surface area contributed by atoms with Gasteiger partial charge in [0.1, 0.15) is 0 Å². The molecule has 0 aromatic heterocycles. The molecule has 27 heavy (non-hydrogen) atoms. The average Bonchev–Trinajstić information content (AvgIpc) is 2.77. The summed E-state index contributed by atoms with van der Waals surface area (Å²) in [6.45, 7) is 0. The molecule has 0 atom stereocenters. The smallest absolute Gasteiger partial charge is 0.0152 e. The van der Waals surface area contributed by atoms with Gasteiger partial charge in [0.15, 0.2) is 0 Å². The number of hydrogen-bond acceptors (Lipinski definition) is 0. The molecule has 0 N–H and O–H groups in total. The molecule has 0 amide bonds. The Morgan fingerprint density at radius 1 is 0.333 bits per heavy atom. The summed E-state index contributed by atoms with van der Waals surface area (Å²) in [4.78, 5) is 0. The third kappa shape index (κ3) is 4.72. The number of rotatable bonds is 6. The predicted molar refractivity (Wildman–Crippen MR) is 126 cm³/mol. The fourth-order valence-electron chi connectivity index (χ4n) is 2.94. The molecule has 0 unspecified atom stereocenters. The second-order valence-electron chi connectivity index (χ2n) is 6.11. The first-order valence-electron chi connectivity index (χ1n) is 8.98. The molecule has 3 heteroatoms. The molecule has 0 aliphatic carbocycles. The number of benzene rings is 4. The zero-order valence-corrected chi connectivity index (χ0v) is 17.7. The summed E-state index contributed by atoms with van der Waals surface area (Å²) in [7, 11) is 0.0920. The minimum atomic E-state index is -0.381. The fourth-order valence-corrected chi connectivity index (χ4v) is 15.8. The fraction of sp³-hybridized carbons (Fsp3) is 0. The standard InChI is InChI=1S/C24H21P3/c1-5-13-21(14-6-1)26(22-15-7-2-8-16-22)25-27(23-17-9-3-10-18-23)24-19-11-4-12-20-24/h1-20,25H. The largest absolute Gasteiger partial charge is 0.0622 e. The van der Waals surface area contributed by atoms with Gasteiger partial charge >= 0.3 is 0 Å². The maximum atomic E-state index is 2.30. The lowest BCUT2D eigenvalue weighted by atomic mass is 10.4. The molecule has 0 radical (unpaired) electrons. The maximum absolute atomic E-state index is 2.30. The molecule has 4 aromatic rings. The molecule has 0 saturated carbocycles. The van der Waals surface area contributed by atoms with Crippen LogP contribution in [0.2, 0.25) is 0 Å². The van der Waals surface area contributed by atoms with E-state index in [9.17, 15) is 0 Å². The quantitative estimate of drug-likeness (QED) is 0.360. The molecule has 0 aliphatic rings. The van der Waals surface area contributed by atoms with Crippen LogP contribution < -0.4 is 21.2 Å². The average molecular weight is 402 g/mol. The van der Waals surface area contributed by atoms with Crippen LogP contribution in [-0.2, 0) is 0 Å². The van der Waals surface area contributed by atoms with E-state index in [0.29, 0.717) is 0 Å². The van der Waals surface area contributed by atoms with Crippen LogP contribution in [0.5, 0.6) is 0 Å². The predicted octanol–water partition coefficient (Wildman–Crippen LogP) is 5.76. The summed E-state index contributed by atoms with van der Waals surface area (Å²) in [6, 6.07) is 44.2. The van der Waals surface area contributed by atoms with Crippen LogP contribution >= 0.6 is 23.2 Å². The molecule has 0 bridgehead atoms. The van der Waals surface area contributed by atoms with Gasteiger partial charge in [0.25, 0.3) is 0 Å². The van der Waals surface area contributed by atoms with Crippen LogP contribution in [0.25, 0.3) is 0 Å².